The molecule has 28 heavy (non-hydrogen) atoms. The lowest BCUT2D eigenvalue weighted by Gasteiger charge is -2.15. The Labute approximate surface area is 172 Å². The minimum Gasteiger partial charge on any atom is -0.323 e. The van der Waals surface area contributed by atoms with E-state index in [0.717, 1.165) is 32.8 Å². The summed E-state index contributed by atoms with van der Waals surface area (Å²) < 4.78 is 0. The highest BCUT2D eigenvalue weighted by atomic mass is 35.5. The van der Waals surface area contributed by atoms with Gasteiger partial charge in [-0.15, -0.1) is 0 Å². The van der Waals surface area contributed by atoms with Gasteiger partial charge in [-0.25, -0.2) is 15.0 Å². The summed E-state index contributed by atoms with van der Waals surface area (Å²) in [5, 5.41) is 4.71. The first-order chi connectivity index (χ1) is 13.6. The van der Waals surface area contributed by atoms with Crippen LogP contribution in [0.5, 0.6) is 0 Å². The number of benzene rings is 2. The van der Waals surface area contributed by atoms with Crippen LogP contribution < -0.4 is 10.2 Å². The van der Waals surface area contributed by atoms with Crippen molar-refractivity contribution in [2.45, 2.75) is 6.92 Å². The maximum absolute atomic E-state index is 6.22. The molecule has 7 heteroatoms. The second-order valence-electron chi connectivity index (χ2n) is 6.18. The Bertz CT molecular complexity index is 1100. The van der Waals surface area contributed by atoms with E-state index in [1.165, 1.54) is 0 Å². The molecule has 0 saturated heterocycles. The average Bonchev–Trinajstić information content (AvgIpc) is 3.12. The van der Waals surface area contributed by atoms with E-state index in [4.69, 9.17) is 16.6 Å². The largest absolute Gasteiger partial charge is 0.323 e. The molecule has 0 aliphatic heterocycles. The number of thiazole rings is 1. The third kappa shape index (κ3) is 3.83. The van der Waals surface area contributed by atoms with Crippen LogP contribution in [-0.4, -0.2) is 22.0 Å². The van der Waals surface area contributed by atoms with Gasteiger partial charge in [0.1, 0.15) is 0 Å². The summed E-state index contributed by atoms with van der Waals surface area (Å²) >= 11 is 7.83. The molecule has 0 saturated carbocycles. The van der Waals surface area contributed by atoms with Crippen LogP contribution in [0.1, 0.15) is 5.69 Å². The average molecular weight is 408 g/mol. The van der Waals surface area contributed by atoms with E-state index in [0.29, 0.717) is 11.0 Å². The molecule has 0 aliphatic rings. The highest BCUT2D eigenvalue weighted by Crippen LogP contribution is 2.36. The number of anilines is 4. The van der Waals surface area contributed by atoms with Gasteiger partial charge >= 0.3 is 0 Å². The summed E-state index contributed by atoms with van der Waals surface area (Å²) in [6.07, 6.45) is 1.74. The number of para-hydroxylation sites is 2. The van der Waals surface area contributed by atoms with E-state index >= 15 is 0 Å². The normalized spacial score (nSPS) is 10.7. The summed E-state index contributed by atoms with van der Waals surface area (Å²) in [6.45, 7) is 2.00. The van der Waals surface area contributed by atoms with Gasteiger partial charge in [0.2, 0.25) is 5.95 Å². The van der Waals surface area contributed by atoms with Crippen LogP contribution in [0.4, 0.5) is 22.5 Å². The second kappa shape index (κ2) is 7.96. The predicted molar refractivity (Wildman–Crippen MR) is 117 cm³/mol. The summed E-state index contributed by atoms with van der Waals surface area (Å²) in [6, 6.07) is 19.6. The molecule has 0 radical (unpaired) electrons. The molecule has 0 atom stereocenters. The number of hydrogen-bond donors (Lipinski definition) is 1. The minimum atomic E-state index is 0.497. The van der Waals surface area contributed by atoms with Gasteiger partial charge in [0.05, 0.1) is 27.0 Å². The van der Waals surface area contributed by atoms with Crippen molar-refractivity contribution < 1.29 is 0 Å². The summed E-state index contributed by atoms with van der Waals surface area (Å²) in [5.41, 5.74) is 3.62. The molecule has 140 valence electrons. The fourth-order valence-electron chi connectivity index (χ4n) is 2.75. The van der Waals surface area contributed by atoms with E-state index in [1.807, 2.05) is 62.5 Å². The Morgan fingerprint density at radius 2 is 1.71 bits per heavy atom. The van der Waals surface area contributed by atoms with Gasteiger partial charge in [0, 0.05) is 18.9 Å². The molecular formula is C21H18ClN5S. The van der Waals surface area contributed by atoms with Gasteiger partial charge < -0.3 is 10.2 Å². The highest BCUT2D eigenvalue weighted by Gasteiger charge is 2.15. The first-order valence-electron chi connectivity index (χ1n) is 8.73. The van der Waals surface area contributed by atoms with Crippen LogP contribution in [-0.2, 0) is 0 Å². The molecule has 0 aliphatic carbocycles. The summed E-state index contributed by atoms with van der Waals surface area (Å²) in [7, 11) is 2.02. The van der Waals surface area contributed by atoms with Crippen LogP contribution in [0, 0.1) is 6.92 Å². The molecule has 0 fully saturated rings. The fraction of sp³-hybridized carbons (Fsp3) is 0.0952. The highest BCUT2D eigenvalue weighted by molar-refractivity contribution is 7.19. The smallest absolute Gasteiger partial charge is 0.227 e. The Balaban J connectivity index is 1.63. The number of aryl methyl sites for hydroxylation is 1. The van der Waals surface area contributed by atoms with Gasteiger partial charge in [-0.05, 0) is 37.3 Å². The Hall–Kier alpha value is -2.96. The number of hydrogen-bond acceptors (Lipinski definition) is 6. The van der Waals surface area contributed by atoms with Crippen molar-refractivity contribution in [3.05, 3.63) is 77.6 Å². The predicted octanol–water partition coefficient (Wildman–Crippen LogP) is 6.07. The Kier molecular flexibility index (Phi) is 5.23. The third-order valence-electron chi connectivity index (χ3n) is 4.22. The maximum atomic E-state index is 6.22. The summed E-state index contributed by atoms with van der Waals surface area (Å²) in [5.74, 6) is 0.497. The molecule has 2 aromatic carbocycles. The number of rotatable bonds is 5. The number of nitrogens with zero attached hydrogens (tertiary/aromatic N) is 4. The Morgan fingerprint density at radius 1 is 0.964 bits per heavy atom. The van der Waals surface area contributed by atoms with E-state index in [-0.39, 0.29) is 0 Å². The molecule has 2 aromatic heterocycles. The van der Waals surface area contributed by atoms with Gasteiger partial charge in [-0.2, -0.15) is 0 Å². The second-order valence-corrected chi connectivity index (χ2v) is 7.56. The van der Waals surface area contributed by atoms with Crippen LogP contribution in [0.15, 0.2) is 66.9 Å². The lowest BCUT2D eigenvalue weighted by Crippen LogP contribution is -2.08. The molecule has 2 heterocycles. The number of halogens is 1. The first-order valence-corrected chi connectivity index (χ1v) is 9.92. The molecule has 0 amide bonds. The zero-order valence-corrected chi connectivity index (χ0v) is 17.0. The lowest BCUT2D eigenvalue weighted by molar-refractivity contribution is 1.13. The number of nitrogens with one attached hydrogen (secondary N) is 1. The topological polar surface area (TPSA) is 53.9 Å². The molecule has 5 nitrogen and oxygen atoms in total. The van der Waals surface area contributed by atoms with Crippen molar-refractivity contribution in [1.29, 1.82) is 0 Å². The van der Waals surface area contributed by atoms with Crippen LogP contribution in [0.25, 0.3) is 10.6 Å². The van der Waals surface area contributed by atoms with Crippen molar-refractivity contribution in [3.63, 3.8) is 0 Å². The quantitative estimate of drug-likeness (QED) is 0.435. The molecule has 1 N–H and O–H groups in total. The SMILES string of the molecule is Cc1nc(N(C)c2ccccc2)sc1-c1ccnc(Nc2ccccc2Cl)n1. The molecule has 4 aromatic rings. The standard InChI is InChI=1S/C21H18ClN5S/c1-14-19(28-21(24-14)27(2)15-8-4-3-5-9-15)18-12-13-23-20(26-18)25-17-11-7-6-10-16(17)22/h3-13H,1-2H3,(H,23,25,26). The first kappa shape index (κ1) is 18.4. The summed E-state index contributed by atoms with van der Waals surface area (Å²) in [4.78, 5) is 16.8. The minimum absolute atomic E-state index is 0.497. The van der Waals surface area contributed by atoms with E-state index in [9.17, 15) is 0 Å². The number of aromatic nitrogens is 3. The monoisotopic (exact) mass is 407 g/mol. The fourth-order valence-corrected chi connectivity index (χ4v) is 3.96. The van der Waals surface area contributed by atoms with E-state index in [1.54, 1.807) is 17.5 Å². The van der Waals surface area contributed by atoms with Gasteiger partial charge in [-0.1, -0.05) is 53.3 Å². The van der Waals surface area contributed by atoms with Crippen molar-refractivity contribution in [2.24, 2.45) is 0 Å². The van der Waals surface area contributed by atoms with Gasteiger partial charge in [0.25, 0.3) is 0 Å². The van der Waals surface area contributed by atoms with Gasteiger partial charge in [0.15, 0.2) is 5.13 Å². The molecular weight excluding hydrogens is 390 g/mol. The van der Waals surface area contributed by atoms with Crippen LogP contribution >= 0.6 is 22.9 Å². The zero-order valence-electron chi connectivity index (χ0n) is 15.4. The van der Waals surface area contributed by atoms with Crippen LogP contribution in [0.3, 0.4) is 0 Å². The maximum Gasteiger partial charge on any atom is 0.227 e. The lowest BCUT2D eigenvalue weighted by atomic mass is 10.3. The third-order valence-corrected chi connectivity index (χ3v) is 5.81. The van der Waals surface area contributed by atoms with Crippen molar-refractivity contribution in [3.8, 4) is 10.6 Å². The Morgan fingerprint density at radius 3 is 2.50 bits per heavy atom. The van der Waals surface area contributed by atoms with Crippen molar-refractivity contribution >= 4 is 45.4 Å². The molecule has 0 unspecified atom stereocenters. The molecule has 4 rings (SSSR count). The van der Waals surface area contributed by atoms with Crippen molar-refractivity contribution in [2.75, 3.05) is 17.3 Å². The van der Waals surface area contributed by atoms with Crippen LogP contribution in [0.2, 0.25) is 5.02 Å². The van der Waals surface area contributed by atoms with Gasteiger partial charge in [-0.3, -0.25) is 0 Å². The zero-order chi connectivity index (χ0) is 19.5. The molecule has 0 spiro atoms. The molecule has 0 bridgehead atoms. The van der Waals surface area contributed by atoms with E-state index < -0.39 is 0 Å². The van der Waals surface area contributed by atoms with Crippen molar-refractivity contribution in [1.82, 2.24) is 15.0 Å². The van der Waals surface area contributed by atoms with E-state index in [2.05, 4.69) is 32.3 Å².